The van der Waals surface area contributed by atoms with Crippen LogP contribution in [0.15, 0.2) is 18.2 Å². The number of fused-ring (bicyclic) bond motifs is 1. The number of nitrogens with zero attached hydrogens (tertiary/aromatic N) is 2. The minimum absolute atomic E-state index is 0.0503. The monoisotopic (exact) mass is 382 g/mol. The number of sulfone groups is 1. The van der Waals surface area contributed by atoms with Gasteiger partial charge in [-0.2, -0.15) is 0 Å². The molecule has 2 heterocycles. The minimum atomic E-state index is -3.04. The first-order valence-electron chi connectivity index (χ1n) is 8.87. The van der Waals surface area contributed by atoms with Crippen molar-refractivity contribution < 1.29 is 22.7 Å². The second-order valence-corrected chi connectivity index (χ2v) is 9.33. The fraction of sp³-hybridized carbons (Fsp3) is 0.611. The van der Waals surface area contributed by atoms with Gasteiger partial charge in [-0.3, -0.25) is 4.79 Å². The zero-order valence-electron chi connectivity index (χ0n) is 15.3. The van der Waals surface area contributed by atoms with Crippen molar-refractivity contribution in [3.8, 4) is 11.5 Å². The molecule has 7 nitrogen and oxygen atoms in total. The summed E-state index contributed by atoms with van der Waals surface area (Å²) in [4.78, 5) is 16.7. The van der Waals surface area contributed by atoms with Crippen LogP contribution in [0.2, 0.25) is 0 Å². The topological polar surface area (TPSA) is 76.2 Å². The molecule has 1 aromatic rings. The smallest absolute Gasteiger partial charge is 0.227 e. The molecular formula is C18H26N2O5S. The lowest BCUT2D eigenvalue weighted by atomic mass is 10.1. The highest BCUT2D eigenvalue weighted by molar-refractivity contribution is 7.91. The highest BCUT2D eigenvalue weighted by atomic mass is 32.2. The van der Waals surface area contributed by atoms with Gasteiger partial charge in [0.15, 0.2) is 21.3 Å². The van der Waals surface area contributed by atoms with Crippen molar-refractivity contribution in [2.24, 2.45) is 0 Å². The van der Waals surface area contributed by atoms with Crippen LogP contribution in [0.5, 0.6) is 11.5 Å². The van der Waals surface area contributed by atoms with E-state index in [-0.39, 0.29) is 29.9 Å². The van der Waals surface area contributed by atoms with Crippen LogP contribution in [0, 0.1) is 0 Å². The van der Waals surface area contributed by atoms with Crippen molar-refractivity contribution in [1.82, 2.24) is 9.80 Å². The van der Waals surface area contributed by atoms with Gasteiger partial charge in [0.1, 0.15) is 13.2 Å². The molecule has 0 saturated carbocycles. The zero-order chi connectivity index (χ0) is 18.7. The van der Waals surface area contributed by atoms with Crippen molar-refractivity contribution in [3.63, 3.8) is 0 Å². The van der Waals surface area contributed by atoms with E-state index in [0.29, 0.717) is 44.2 Å². The summed E-state index contributed by atoms with van der Waals surface area (Å²) in [6, 6.07) is 5.29. The van der Waals surface area contributed by atoms with Gasteiger partial charge >= 0.3 is 0 Å². The van der Waals surface area contributed by atoms with E-state index in [2.05, 4.69) is 0 Å². The van der Waals surface area contributed by atoms with Crippen LogP contribution in [0.1, 0.15) is 12.0 Å². The van der Waals surface area contributed by atoms with E-state index in [1.165, 1.54) is 0 Å². The number of likely N-dealkylation sites (N-methyl/N-ethyl adjacent to an activating group) is 1. The molecule has 1 fully saturated rings. The maximum absolute atomic E-state index is 12.9. The number of ether oxygens (including phenoxy) is 2. The number of benzene rings is 1. The van der Waals surface area contributed by atoms with Crippen molar-refractivity contribution in [2.75, 3.05) is 51.9 Å². The van der Waals surface area contributed by atoms with Gasteiger partial charge in [-0.05, 0) is 38.2 Å². The van der Waals surface area contributed by atoms with Crippen molar-refractivity contribution >= 4 is 15.7 Å². The lowest BCUT2D eigenvalue weighted by Crippen LogP contribution is -2.45. The van der Waals surface area contributed by atoms with Crippen molar-refractivity contribution in [3.05, 3.63) is 23.8 Å². The van der Waals surface area contributed by atoms with Gasteiger partial charge in [0.25, 0.3) is 0 Å². The molecule has 1 saturated heterocycles. The van der Waals surface area contributed by atoms with Crippen molar-refractivity contribution in [1.29, 1.82) is 0 Å². The van der Waals surface area contributed by atoms with E-state index >= 15 is 0 Å². The third-order valence-electron chi connectivity index (χ3n) is 4.72. The molecule has 2 aliphatic rings. The summed E-state index contributed by atoms with van der Waals surface area (Å²) in [7, 11) is 0.837. The summed E-state index contributed by atoms with van der Waals surface area (Å²) in [6.07, 6.45) is 0.739. The third kappa shape index (κ3) is 4.67. The van der Waals surface area contributed by atoms with E-state index in [9.17, 15) is 13.2 Å². The Bertz CT molecular complexity index is 763. The van der Waals surface area contributed by atoms with Crippen molar-refractivity contribution in [2.45, 2.75) is 18.9 Å². The average molecular weight is 382 g/mol. The van der Waals surface area contributed by atoms with Crippen LogP contribution >= 0.6 is 0 Å². The summed E-state index contributed by atoms with van der Waals surface area (Å²) < 4.78 is 34.8. The molecule has 26 heavy (non-hydrogen) atoms. The third-order valence-corrected chi connectivity index (χ3v) is 6.47. The van der Waals surface area contributed by atoms with E-state index in [4.69, 9.17) is 9.47 Å². The molecule has 0 bridgehead atoms. The number of carbonyl (C=O) groups is 1. The number of rotatable bonds is 6. The lowest BCUT2D eigenvalue weighted by molar-refractivity contribution is -0.132. The summed E-state index contributed by atoms with van der Waals surface area (Å²) in [5.41, 5.74) is 0.843. The van der Waals surface area contributed by atoms with Crippen LogP contribution in [-0.4, -0.2) is 82.1 Å². The van der Waals surface area contributed by atoms with Gasteiger partial charge < -0.3 is 19.3 Å². The van der Waals surface area contributed by atoms with Gasteiger partial charge in [0.05, 0.1) is 17.9 Å². The normalized spacial score (nSPS) is 21.0. The van der Waals surface area contributed by atoms with Gasteiger partial charge in [0, 0.05) is 19.1 Å². The molecule has 1 unspecified atom stereocenters. The first-order valence-corrected chi connectivity index (χ1v) is 10.7. The molecule has 1 aromatic carbocycles. The molecule has 1 atom stereocenters. The fourth-order valence-corrected chi connectivity index (χ4v) is 5.04. The molecule has 0 N–H and O–H groups in total. The minimum Gasteiger partial charge on any atom is -0.486 e. The standard InChI is InChI=1S/C18H26N2O5S/c1-19(2)6-7-20(15-5-10-26(22,23)13-15)18(21)12-14-3-4-16-17(11-14)25-9-8-24-16/h3-4,11,15H,5-10,12-13H2,1-2H3. The molecule has 0 radical (unpaired) electrons. The average Bonchev–Trinajstić information content (AvgIpc) is 2.94. The molecule has 8 heteroatoms. The van der Waals surface area contributed by atoms with E-state index in [1.54, 1.807) is 4.90 Å². The number of hydrogen-bond acceptors (Lipinski definition) is 6. The zero-order valence-corrected chi connectivity index (χ0v) is 16.1. The van der Waals surface area contributed by atoms with Gasteiger partial charge in [-0.1, -0.05) is 6.07 Å². The Hall–Kier alpha value is -1.80. The first kappa shape index (κ1) is 19.0. The molecule has 1 amide bonds. The molecule has 0 spiro atoms. The van der Waals surface area contributed by atoms with Gasteiger partial charge in [-0.25, -0.2) is 8.42 Å². The predicted octanol–water partition coefficient (Wildman–Crippen LogP) is 0.578. The molecule has 144 valence electrons. The van der Waals surface area contributed by atoms with E-state index in [0.717, 1.165) is 5.56 Å². The summed E-state index contributed by atoms with van der Waals surface area (Å²) in [5, 5.41) is 0. The highest BCUT2D eigenvalue weighted by Gasteiger charge is 2.34. The molecular weight excluding hydrogens is 356 g/mol. The quantitative estimate of drug-likeness (QED) is 0.716. The Labute approximate surface area is 154 Å². The number of carbonyl (C=O) groups excluding carboxylic acids is 1. The number of amides is 1. The second-order valence-electron chi connectivity index (χ2n) is 7.10. The fourth-order valence-electron chi connectivity index (χ4n) is 3.31. The van der Waals surface area contributed by atoms with E-state index in [1.807, 2.05) is 37.2 Å². The SMILES string of the molecule is CN(C)CCN(C(=O)Cc1ccc2c(c1)OCCO2)C1CCS(=O)(=O)C1. The Morgan fingerprint density at radius 1 is 1.15 bits per heavy atom. The van der Waals surface area contributed by atoms with Crippen LogP contribution in [0.3, 0.4) is 0 Å². The number of hydrogen-bond donors (Lipinski definition) is 0. The van der Waals surface area contributed by atoms with E-state index < -0.39 is 9.84 Å². The molecule has 0 aliphatic carbocycles. The van der Waals surface area contributed by atoms with Crippen LogP contribution < -0.4 is 9.47 Å². The Morgan fingerprint density at radius 2 is 1.88 bits per heavy atom. The van der Waals surface area contributed by atoms with Gasteiger partial charge in [-0.15, -0.1) is 0 Å². The summed E-state index contributed by atoms with van der Waals surface area (Å²) in [6.45, 7) is 2.25. The largest absolute Gasteiger partial charge is 0.486 e. The second kappa shape index (κ2) is 7.84. The Morgan fingerprint density at radius 3 is 2.54 bits per heavy atom. The van der Waals surface area contributed by atoms with Gasteiger partial charge in [0.2, 0.25) is 5.91 Å². The molecule has 3 rings (SSSR count). The van der Waals surface area contributed by atoms with Crippen LogP contribution in [0.4, 0.5) is 0 Å². The molecule has 0 aromatic heterocycles. The maximum Gasteiger partial charge on any atom is 0.227 e. The first-order chi connectivity index (χ1) is 12.3. The Kier molecular flexibility index (Phi) is 5.72. The van der Waals surface area contributed by atoms with Crippen LogP contribution in [0.25, 0.3) is 0 Å². The molecule has 2 aliphatic heterocycles. The van der Waals surface area contributed by atoms with Crippen LogP contribution in [-0.2, 0) is 21.1 Å². The lowest BCUT2D eigenvalue weighted by Gasteiger charge is -2.30. The maximum atomic E-state index is 12.9. The predicted molar refractivity (Wildman–Crippen MR) is 98.5 cm³/mol. The Balaban J connectivity index is 1.72. The summed E-state index contributed by atoms with van der Waals surface area (Å²) >= 11 is 0. The highest BCUT2D eigenvalue weighted by Crippen LogP contribution is 2.31. The summed E-state index contributed by atoms with van der Waals surface area (Å²) in [5.74, 6) is 1.52.